The van der Waals surface area contributed by atoms with E-state index >= 15 is 0 Å². The molecule has 0 unspecified atom stereocenters. The Morgan fingerprint density at radius 3 is 2.05 bits per heavy atom. The summed E-state index contributed by atoms with van der Waals surface area (Å²) in [6.07, 6.45) is 1.82. The zero-order chi connectivity index (χ0) is 16.1. The van der Waals surface area contributed by atoms with Crippen molar-refractivity contribution in [3.8, 4) is 0 Å². The van der Waals surface area contributed by atoms with Crippen molar-refractivity contribution in [3.63, 3.8) is 0 Å². The first-order valence-corrected chi connectivity index (χ1v) is 8.87. The maximum atomic E-state index is 12.1. The number of hydrogen-bond donors (Lipinski definition) is 3. The first-order chi connectivity index (χ1) is 9.78. The molecule has 1 aromatic carbocycles. The minimum Gasteiger partial charge on any atom is -0.378 e. The summed E-state index contributed by atoms with van der Waals surface area (Å²) in [6, 6.07) is 6.66. The van der Waals surface area contributed by atoms with Crippen LogP contribution in [0.5, 0.6) is 0 Å². The SMILES string of the molecule is CCC(CC)(CN)Nc1ccc(S(=O)(=O)NC(C)C)cc1. The van der Waals surface area contributed by atoms with Crippen LogP contribution in [-0.4, -0.2) is 26.5 Å². The molecule has 0 aromatic heterocycles. The highest BCUT2D eigenvalue weighted by atomic mass is 32.2. The van der Waals surface area contributed by atoms with Crippen molar-refractivity contribution in [1.82, 2.24) is 4.72 Å². The lowest BCUT2D eigenvalue weighted by Crippen LogP contribution is -2.44. The fourth-order valence-electron chi connectivity index (χ4n) is 2.17. The molecule has 0 amide bonds. The van der Waals surface area contributed by atoms with Crippen molar-refractivity contribution in [1.29, 1.82) is 0 Å². The Labute approximate surface area is 128 Å². The van der Waals surface area contributed by atoms with E-state index in [4.69, 9.17) is 5.73 Å². The van der Waals surface area contributed by atoms with Crippen LogP contribution in [-0.2, 0) is 10.0 Å². The molecule has 1 rings (SSSR count). The van der Waals surface area contributed by atoms with Gasteiger partial charge in [-0.15, -0.1) is 0 Å². The van der Waals surface area contributed by atoms with Crippen LogP contribution in [0, 0.1) is 0 Å². The minimum atomic E-state index is -3.44. The summed E-state index contributed by atoms with van der Waals surface area (Å²) in [5.74, 6) is 0. The van der Waals surface area contributed by atoms with Gasteiger partial charge in [-0.05, 0) is 51.0 Å². The second-order valence-corrected chi connectivity index (χ2v) is 7.33. The monoisotopic (exact) mass is 313 g/mol. The van der Waals surface area contributed by atoms with Crippen LogP contribution in [0.1, 0.15) is 40.5 Å². The Morgan fingerprint density at radius 2 is 1.67 bits per heavy atom. The number of anilines is 1. The average Bonchev–Trinajstić information content (AvgIpc) is 2.44. The first-order valence-electron chi connectivity index (χ1n) is 7.39. The lowest BCUT2D eigenvalue weighted by Gasteiger charge is -2.32. The fourth-order valence-corrected chi connectivity index (χ4v) is 3.42. The van der Waals surface area contributed by atoms with Crippen molar-refractivity contribution in [2.75, 3.05) is 11.9 Å². The van der Waals surface area contributed by atoms with E-state index in [1.54, 1.807) is 38.1 Å². The molecule has 0 spiro atoms. The molecule has 21 heavy (non-hydrogen) atoms. The van der Waals surface area contributed by atoms with E-state index < -0.39 is 10.0 Å². The first kappa shape index (κ1) is 17.9. The van der Waals surface area contributed by atoms with Crippen LogP contribution in [0.4, 0.5) is 5.69 Å². The van der Waals surface area contributed by atoms with E-state index in [2.05, 4.69) is 23.9 Å². The second kappa shape index (κ2) is 7.24. The molecule has 0 atom stereocenters. The molecule has 0 bridgehead atoms. The van der Waals surface area contributed by atoms with Crippen LogP contribution >= 0.6 is 0 Å². The Bertz CT molecular complexity index is 526. The lowest BCUT2D eigenvalue weighted by atomic mass is 9.92. The molecular weight excluding hydrogens is 286 g/mol. The molecule has 6 heteroatoms. The van der Waals surface area contributed by atoms with E-state index in [0.29, 0.717) is 6.54 Å². The zero-order valence-corrected chi connectivity index (χ0v) is 14.1. The molecule has 0 saturated heterocycles. The molecule has 0 aliphatic carbocycles. The van der Waals surface area contributed by atoms with Gasteiger partial charge in [-0.2, -0.15) is 0 Å². The molecule has 0 radical (unpaired) electrons. The van der Waals surface area contributed by atoms with Gasteiger partial charge in [0.05, 0.1) is 4.90 Å². The summed E-state index contributed by atoms with van der Waals surface area (Å²) in [6.45, 7) is 8.32. The molecular formula is C15H27N3O2S. The summed E-state index contributed by atoms with van der Waals surface area (Å²) in [4.78, 5) is 0.271. The zero-order valence-electron chi connectivity index (χ0n) is 13.3. The molecule has 0 fully saturated rings. The molecule has 4 N–H and O–H groups in total. The van der Waals surface area contributed by atoms with Gasteiger partial charge < -0.3 is 11.1 Å². The normalized spacial score (nSPS) is 12.7. The number of sulfonamides is 1. The van der Waals surface area contributed by atoms with Gasteiger partial charge in [0.2, 0.25) is 10.0 Å². The number of rotatable bonds is 8. The summed E-state index contributed by atoms with van der Waals surface area (Å²) >= 11 is 0. The largest absolute Gasteiger partial charge is 0.378 e. The van der Waals surface area contributed by atoms with Crippen molar-refractivity contribution in [2.24, 2.45) is 5.73 Å². The lowest BCUT2D eigenvalue weighted by molar-refractivity contribution is 0.445. The maximum Gasteiger partial charge on any atom is 0.240 e. The predicted molar refractivity (Wildman–Crippen MR) is 87.9 cm³/mol. The van der Waals surface area contributed by atoms with Gasteiger partial charge in [0, 0.05) is 23.8 Å². The van der Waals surface area contributed by atoms with Crippen molar-refractivity contribution >= 4 is 15.7 Å². The minimum absolute atomic E-state index is 0.127. The predicted octanol–water partition coefficient (Wildman–Crippen LogP) is 2.30. The van der Waals surface area contributed by atoms with Crippen molar-refractivity contribution in [2.45, 2.75) is 57.0 Å². The van der Waals surface area contributed by atoms with E-state index in [1.165, 1.54) is 0 Å². The maximum absolute atomic E-state index is 12.1. The number of nitrogens with two attached hydrogens (primary N) is 1. The molecule has 0 heterocycles. The molecule has 0 saturated carbocycles. The fraction of sp³-hybridized carbons (Fsp3) is 0.600. The van der Waals surface area contributed by atoms with Gasteiger partial charge in [-0.3, -0.25) is 0 Å². The van der Waals surface area contributed by atoms with E-state index in [0.717, 1.165) is 18.5 Å². The van der Waals surface area contributed by atoms with Crippen molar-refractivity contribution in [3.05, 3.63) is 24.3 Å². The summed E-state index contributed by atoms with van der Waals surface area (Å²) in [5.41, 5.74) is 6.60. The second-order valence-electron chi connectivity index (χ2n) is 5.62. The highest BCUT2D eigenvalue weighted by Crippen LogP contribution is 2.22. The molecule has 5 nitrogen and oxygen atoms in total. The Balaban J connectivity index is 2.93. The highest BCUT2D eigenvalue weighted by molar-refractivity contribution is 7.89. The summed E-state index contributed by atoms with van der Waals surface area (Å²) in [7, 11) is -3.44. The van der Waals surface area contributed by atoms with Gasteiger partial charge in [-0.25, -0.2) is 13.1 Å². The van der Waals surface area contributed by atoms with Crippen LogP contribution in [0.25, 0.3) is 0 Å². The average molecular weight is 313 g/mol. The summed E-state index contributed by atoms with van der Waals surface area (Å²) in [5, 5.41) is 3.42. The molecule has 0 aliphatic rings. The standard InChI is InChI=1S/C15H27N3O2S/c1-5-15(6-2,11-16)17-13-7-9-14(10-8-13)21(19,20)18-12(3)4/h7-10,12,17-18H,5-6,11,16H2,1-4H3. The van der Waals surface area contributed by atoms with E-state index in [-0.39, 0.29) is 16.5 Å². The molecule has 0 aliphatic heterocycles. The van der Waals surface area contributed by atoms with Crippen LogP contribution in [0.3, 0.4) is 0 Å². The number of hydrogen-bond acceptors (Lipinski definition) is 4. The molecule has 1 aromatic rings. The third-order valence-corrected chi connectivity index (χ3v) is 5.38. The third kappa shape index (κ3) is 4.69. The third-order valence-electron chi connectivity index (χ3n) is 3.71. The quantitative estimate of drug-likeness (QED) is 0.687. The Morgan fingerprint density at radius 1 is 1.14 bits per heavy atom. The van der Waals surface area contributed by atoms with Crippen molar-refractivity contribution < 1.29 is 8.42 Å². The molecule has 120 valence electrons. The number of nitrogens with one attached hydrogen (secondary N) is 2. The van der Waals surface area contributed by atoms with Crippen LogP contribution in [0.2, 0.25) is 0 Å². The van der Waals surface area contributed by atoms with Gasteiger partial charge in [0.1, 0.15) is 0 Å². The van der Waals surface area contributed by atoms with Gasteiger partial charge >= 0.3 is 0 Å². The Kier molecular flexibility index (Phi) is 6.19. The van der Waals surface area contributed by atoms with Gasteiger partial charge in [-0.1, -0.05) is 13.8 Å². The number of benzene rings is 1. The van der Waals surface area contributed by atoms with Gasteiger partial charge in [0.15, 0.2) is 0 Å². The van der Waals surface area contributed by atoms with E-state index in [1.807, 2.05) is 0 Å². The van der Waals surface area contributed by atoms with E-state index in [9.17, 15) is 8.42 Å². The topological polar surface area (TPSA) is 84.2 Å². The van der Waals surface area contributed by atoms with Crippen LogP contribution < -0.4 is 15.8 Å². The van der Waals surface area contributed by atoms with Gasteiger partial charge in [0.25, 0.3) is 0 Å². The summed E-state index contributed by atoms with van der Waals surface area (Å²) < 4.78 is 26.7. The highest BCUT2D eigenvalue weighted by Gasteiger charge is 2.24. The van der Waals surface area contributed by atoms with Crippen LogP contribution in [0.15, 0.2) is 29.2 Å². The smallest absolute Gasteiger partial charge is 0.240 e. The Hall–Kier alpha value is -1.11.